The van der Waals surface area contributed by atoms with Gasteiger partial charge >= 0.3 is 0 Å². The van der Waals surface area contributed by atoms with E-state index in [0.717, 1.165) is 22.9 Å². The van der Waals surface area contributed by atoms with E-state index in [2.05, 4.69) is 22.6 Å². The fourth-order valence-corrected chi connectivity index (χ4v) is 2.68. The predicted molar refractivity (Wildman–Crippen MR) is 87.1 cm³/mol. The van der Waals surface area contributed by atoms with E-state index in [0.29, 0.717) is 0 Å². The van der Waals surface area contributed by atoms with Crippen LogP contribution in [0.25, 0.3) is 0 Å². The Kier molecular flexibility index (Phi) is 4.17. The number of hydrogen-bond donors (Lipinski definition) is 1. The number of thiazole rings is 1. The van der Waals surface area contributed by atoms with E-state index in [1.165, 1.54) is 0 Å². The Labute approximate surface area is 128 Å². The van der Waals surface area contributed by atoms with Crippen molar-refractivity contribution in [1.29, 1.82) is 0 Å². The molecule has 0 saturated heterocycles. The van der Waals surface area contributed by atoms with E-state index in [-0.39, 0.29) is 6.04 Å². The summed E-state index contributed by atoms with van der Waals surface area (Å²) in [6, 6.07) is 17.9. The number of rotatable bonds is 5. The van der Waals surface area contributed by atoms with E-state index in [1.807, 2.05) is 60.1 Å². The normalized spacial score (nSPS) is 11.9. The molecule has 0 saturated carbocycles. The van der Waals surface area contributed by atoms with E-state index < -0.39 is 0 Å². The van der Waals surface area contributed by atoms with E-state index >= 15 is 0 Å². The first-order chi connectivity index (χ1) is 10.3. The van der Waals surface area contributed by atoms with Crippen molar-refractivity contribution in [3.8, 4) is 11.5 Å². The lowest BCUT2D eigenvalue weighted by Crippen LogP contribution is -2.07. The molecule has 0 spiro atoms. The van der Waals surface area contributed by atoms with Gasteiger partial charge < -0.3 is 10.1 Å². The molecule has 2 aromatic carbocycles. The van der Waals surface area contributed by atoms with Gasteiger partial charge in [-0.05, 0) is 31.2 Å². The summed E-state index contributed by atoms with van der Waals surface area (Å²) in [5.74, 6) is 1.64. The molecule has 0 amide bonds. The van der Waals surface area contributed by atoms with Crippen LogP contribution in [0, 0.1) is 0 Å². The Morgan fingerprint density at radius 1 is 1.05 bits per heavy atom. The molecular formula is C17H16N2OS. The first-order valence-electron chi connectivity index (χ1n) is 6.79. The van der Waals surface area contributed by atoms with Gasteiger partial charge in [-0.2, -0.15) is 0 Å². The molecule has 1 N–H and O–H groups in total. The van der Waals surface area contributed by atoms with Crippen molar-refractivity contribution in [2.24, 2.45) is 0 Å². The van der Waals surface area contributed by atoms with Crippen molar-refractivity contribution >= 4 is 17.0 Å². The summed E-state index contributed by atoms with van der Waals surface area (Å²) in [4.78, 5) is 4.34. The fraction of sp³-hybridized carbons (Fsp3) is 0.118. The minimum atomic E-state index is 0.136. The quantitative estimate of drug-likeness (QED) is 0.710. The zero-order chi connectivity index (χ0) is 14.5. The number of nitrogens with one attached hydrogen (secondary N) is 1. The van der Waals surface area contributed by atoms with Crippen molar-refractivity contribution in [2.45, 2.75) is 13.0 Å². The maximum atomic E-state index is 5.95. The van der Waals surface area contributed by atoms with Crippen LogP contribution >= 0.6 is 11.3 Å². The van der Waals surface area contributed by atoms with Crippen LogP contribution in [-0.4, -0.2) is 4.98 Å². The van der Waals surface area contributed by atoms with Crippen molar-refractivity contribution < 1.29 is 4.74 Å². The zero-order valence-corrected chi connectivity index (χ0v) is 12.5. The highest BCUT2D eigenvalue weighted by Crippen LogP contribution is 2.31. The smallest absolute Gasteiger partial charge is 0.150 e. The maximum absolute atomic E-state index is 5.95. The van der Waals surface area contributed by atoms with Gasteiger partial charge in [-0.1, -0.05) is 30.3 Å². The first kappa shape index (κ1) is 13.6. The van der Waals surface area contributed by atoms with Crippen LogP contribution in [-0.2, 0) is 0 Å². The Hall–Kier alpha value is -2.33. The lowest BCUT2D eigenvalue weighted by molar-refractivity contribution is 0.484. The zero-order valence-electron chi connectivity index (χ0n) is 11.7. The van der Waals surface area contributed by atoms with Gasteiger partial charge in [0.15, 0.2) is 5.75 Å². The molecular weight excluding hydrogens is 280 g/mol. The molecule has 1 aromatic heterocycles. The van der Waals surface area contributed by atoms with Gasteiger partial charge in [0.2, 0.25) is 0 Å². The summed E-state index contributed by atoms with van der Waals surface area (Å²) < 4.78 is 5.95. The van der Waals surface area contributed by atoms with Gasteiger partial charge in [-0.3, -0.25) is 0 Å². The summed E-state index contributed by atoms with van der Waals surface area (Å²) in [6.45, 7) is 2.09. The van der Waals surface area contributed by atoms with Crippen LogP contribution < -0.4 is 10.1 Å². The lowest BCUT2D eigenvalue weighted by atomic mass is 10.2. The summed E-state index contributed by atoms with van der Waals surface area (Å²) >= 11 is 1.60. The van der Waals surface area contributed by atoms with Crippen molar-refractivity contribution in [3.63, 3.8) is 0 Å². The predicted octanol–water partition coefficient (Wildman–Crippen LogP) is 5.11. The highest BCUT2D eigenvalue weighted by atomic mass is 32.1. The Balaban J connectivity index is 1.79. The van der Waals surface area contributed by atoms with Gasteiger partial charge in [0.05, 0.1) is 22.9 Å². The van der Waals surface area contributed by atoms with Crippen LogP contribution in [0.5, 0.6) is 11.5 Å². The molecule has 1 heterocycles. The molecule has 0 bridgehead atoms. The average molecular weight is 296 g/mol. The van der Waals surface area contributed by atoms with Gasteiger partial charge in [-0.25, -0.2) is 4.98 Å². The van der Waals surface area contributed by atoms with Crippen LogP contribution in [0.3, 0.4) is 0 Å². The van der Waals surface area contributed by atoms with E-state index in [1.54, 1.807) is 11.3 Å². The number of nitrogens with zero attached hydrogens (tertiary/aromatic N) is 1. The standard InChI is InChI=1S/C17H16N2OS/c1-13(16-11-21-12-18-16)19-15-9-5-6-10-17(15)20-14-7-3-2-4-8-14/h2-13,19H,1H3. The topological polar surface area (TPSA) is 34.1 Å². The SMILES string of the molecule is CC(Nc1ccccc1Oc1ccccc1)c1cscn1. The number of para-hydroxylation sites is 3. The summed E-state index contributed by atoms with van der Waals surface area (Å²) in [6.07, 6.45) is 0. The van der Waals surface area contributed by atoms with Crippen LogP contribution in [0.1, 0.15) is 18.7 Å². The summed E-state index contributed by atoms with van der Waals surface area (Å²) in [5, 5.41) is 5.51. The molecule has 3 rings (SSSR count). The maximum Gasteiger partial charge on any atom is 0.150 e. The third-order valence-corrected chi connectivity index (χ3v) is 3.73. The average Bonchev–Trinajstić information content (AvgIpc) is 3.05. The molecule has 3 nitrogen and oxygen atoms in total. The Morgan fingerprint density at radius 3 is 2.57 bits per heavy atom. The Bertz CT molecular complexity index is 683. The summed E-state index contributed by atoms with van der Waals surface area (Å²) in [7, 11) is 0. The highest BCUT2D eigenvalue weighted by molar-refractivity contribution is 7.07. The number of hydrogen-bond acceptors (Lipinski definition) is 4. The second-order valence-electron chi connectivity index (χ2n) is 4.69. The molecule has 0 fully saturated rings. The largest absolute Gasteiger partial charge is 0.455 e. The van der Waals surface area contributed by atoms with Crippen molar-refractivity contribution in [1.82, 2.24) is 4.98 Å². The molecule has 0 aliphatic carbocycles. The van der Waals surface area contributed by atoms with Gasteiger partial charge in [0.25, 0.3) is 0 Å². The van der Waals surface area contributed by atoms with Gasteiger partial charge in [0.1, 0.15) is 5.75 Å². The van der Waals surface area contributed by atoms with Crippen molar-refractivity contribution in [2.75, 3.05) is 5.32 Å². The van der Waals surface area contributed by atoms with E-state index in [9.17, 15) is 0 Å². The molecule has 1 unspecified atom stereocenters. The Morgan fingerprint density at radius 2 is 1.81 bits per heavy atom. The van der Waals surface area contributed by atoms with E-state index in [4.69, 9.17) is 4.74 Å². The summed E-state index contributed by atoms with van der Waals surface area (Å²) in [5.41, 5.74) is 3.84. The lowest BCUT2D eigenvalue weighted by Gasteiger charge is -2.17. The minimum absolute atomic E-state index is 0.136. The fourth-order valence-electron chi connectivity index (χ4n) is 2.03. The van der Waals surface area contributed by atoms with Crippen LogP contribution in [0.4, 0.5) is 5.69 Å². The molecule has 0 aliphatic heterocycles. The number of benzene rings is 2. The molecule has 1 atom stereocenters. The minimum Gasteiger partial charge on any atom is -0.455 e. The number of anilines is 1. The third-order valence-electron chi connectivity index (χ3n) is 3.13. The molecule has 3 aromatic rings. The van der Waals surface area contributed by atoms with Crippen LogP contribution in [0.2, 0.25) is 0 Å². The van der Waals surface area contributed by atoms with Gasteiger partial charge in [0, 0.05) is 5.38 Å². The third kappa shape index (κ3) is 3.41. The van der Waals surface area contributed by atoms with Crippen LogP contribution in [0.15, 0.2) is 65.5 Å². The highest BCUT2D eigenvalue weighted by Gasteiger charge is 2.10. The molecule has 21 heavy (non-hydrogen) atoms. The second kappa shape index (κ2) is 6.41. The first-order valence-corrected chi connectivity index (χ1v) is 7.74. The number of aromatic nitrogens is 1. The monoisotopic (exact) mass is 296 g/mol. The molecule has 106 valence electrons. The number of ether oxygens (including phenoxy) is 1. The van der Waals surface area contributed by atoms with Crippen molar-refractivity contribution in [3.05, 3.63) is 71.2 Å². The molecule has 0 radical (unpaired) electrons. The molecule has 4 heteroatoms. The second-order valence-corrected chi connectivity index (χ2v) is 5.41. The van der Waals surface area contributed by atoms with Gasteiger partial charge in [-0.15, -0.1) is 11.3 Å². The molecule has 0 aliphatic rings.